The number of H-pyrrole nitrogens is 1. The second-order valence-corrected chi connectivity index (χ2v) is 7.33. The van der Waals surface area contributed by atoms with Crippen LogP contribution < -0.4 is 19.7 Å². The number of carbonyl (C=O) groups excluding carboxylic acids is 1. The number of nitrogens with one attached hydrogen (secondary N) is 2. The van der Waals surface area contributed by atoms with Gasteiger partial charge in [0.15, 0.2) is 11.5 Å². The van der Waals surface area contributed by atoms with E-state index >= 15 is 0 Å². The molecule has 1 fully saturated rings. The van der Waals surface area contributed by atoms with Crippen LogP contribution in [-0.4, -0.2) is 49.2 Å². The van der Waals surface area contributed by atoms with Gasteiger partial charge in [0.05, 0.1) is 11.8 Å². The molecule has 0 saturated carbocycles. The molecule has 154 valence electrons. The molecule has 3 heterocycles. The number of hydrogen-bond acceptors (Lipinski definition) is 6. The van der Waals surface area contributed by atoms with Gasteiger partial charge in [0, 0.05) is 37.1 Å². The molecular weight excluding hydrogens is 384 g/mol. The average Bonchev–Trinajstić information content (AvgIpc) is 3.54. The first-order valence-corrected chi connectivity index (χ1v) is 9.84. The minimum absolute atomic E-state index is 0.219. The highest BCUT2D eigenvalue weighted by Gasteiger charge is 2.22. The Labute approximate surface area is 173 Å². The van der Waals surface area contributed by atoms with Gasteiger partial charge in [-0.3, -0.25) is 9.89 Å². The van der Waals surface area contributed by atoms with E-state index < -0.39 is 0 Å². The Bertz CT molecular complexity index is 1060. The van der Waals surface area contributed by atoms with E-state index in [1.165, 1.54) is 0 Å². The number of nitrogens with zero attached hydrogens (tertiary/aromatic N) is 2. The number of aromatic nitrogens is 2. The number of anilines is 2. The summed E-state index contributed by atoms with van der Waals surface area (Å²) in [5.41, 5.74) is 3.74. The molecule has 1 amide bonds. The fourth-order valence-electron chi connectivity index (χ4n) is 3.75. The monoisotopic (exact) mass is 406 g/mol. The van der Waals surface area contributed by atoms with E-state index in [-0.39, 0.29) is 18.8 Å². The summed E-state index contributed by atoms with van der Waals surface area (Å²) in [7, 11) is 1.75. The molecule has 8 heteroatoms. The Morgan fingerprint density at radius 3 is 2.80 bits per heavy atom. The summed E-state index contributed by atoms with van der Waals surface area (Å²) in [6.07, 6.45) is 1.31. The maximum absolute atomic E-state index is 12.6. The van der Waals surface area contributed by atoms with E-state index in [1.807, 2.05) is 42.5 Å². The third kappa shape index (κ3) is 3.57. The number of aromatic amines is 1. The van der Waals surface area contributed by atoms with Crippen molar-refractivity contribution in [3.63, 3.8) is 0 Å². The highest BCUT2D eigenvalue weighted by Crippen LogP contribution is 2.35. The van der Waals surface area contributed by atoms with Crippen molar-refractivity contribution in [1.29, 1.82) is 0 Å². The van der Waals surface area contributed by atoms with Crippen molar-refractivity contribution in [3.05, 3.63) is 54.2 Å². The zero-order valence-corrected chi connectivity index (χ0v) is 16.6. The van der Waals surface area contributed by atoms with Gasteiger partial charge in [-0.1, -0.05) is 0 Å². The standard InChI is InChI=1S/C22H22N4O4/c1-28-17-8-9-26(12-17)16-5-3-15(4-6-16)23-22(27)19-11-18(24-25-19)14-2-7-20-21(10-14)30-13-29-20/h2-7,10-11,17H,8-9,12-13H2,1H3,(H,23,27)(H,24,25). The zero-order chi connectivity index (χ0) is 20.5. The maximum atomic E-state index is 12.6. The van der Waals surface area contributed by atoms with Crippen LogP contribution in [0.2, 0.25) is 0 Å². The van der Waals surface area contributed by atoms with Gasteiger partial charge in [0.25, 0.3) is 5.91 Å². The fraction of sp³-hybridized carbons (Fsp3) is 0.273. The highest BCUT2D eigenvalue weighted by molar-refractivity contribution is 6.03. The lowest BCUT2D eigenvalue weighted by Gasteiger charge is -2.18. The van der Waals surface area contributed by atoms with Crippen LogP contribution in [0, 0.1) is 0 Å². The lowest BCUT2D eigenvalue weighted by atomic mass is 10.1. The second kappa shape index (κ2) is 7.72. The molecule has 5 rings (SSSR count). The Balaban J connectivity index is 1.25. The van der Waals surface area contributed by atoms with Gasteiger partial charge in [-0.2, -0.15) is 5.10 Å². The normalized spacial score (nSPS) is 17.4. The van der Waals surface area contributed by atoms with E-state index in [2.05, 4.69) is 20.4 Å². The number of fused-ring (bicyclic) bond motifs is 1. The predicted molar refractivity (Wildman–Crippen MR) is 112 cm³/mol. The summed E-state index contributed by atoms with van der Waals surface area (Å²) in [6.45, 7) is 2.08. The van der Waals surface area contributed by atoms with E-state index in [0.29, 0.717) is 22.9 Å². The first-order chi connectivity index (χ1) is 14.7. The SMILES string of the molecule is COC1CCN(c2ccc(NC(=O)c3cc(-c4ccc5c(c4)OCO5)n[nH]3)cc2)C1. The van der Waals surface area contributed by atoms with Crippen molar-refractivity contribution in [2.75, 3.05) is 37.2 Å². The Morgan fingerprint density at radius 2 is 2.00 bits per heavy atom. The third-order valence-electron chi connectivity index (χ3n) is 5.46. The van der Waals surface area contributed by atoms with Crippen molar-refractivity contribution in [3.8, 4) is 22.8 Å². The topological polar surface area (TPSA) is 88.7 Å². The molecule has 2 aromatic carbocycles. The molecule has 0 bridgehead atoms. The summed E-state index contributed by atoms with van der Waals surface area (Å²) in [6, 6.07) is 15.1. The molecule has 0 radical (unpaired) electrons. The zero-order valence-electron chi connectivity index (χ0n) is 16.6. The lowest BCUT2D eigenvalue weighted by molar-refractivity contribution is 0.102. The molecule has 2 aliphatic rings. The summed E-state index contributed by atoms with van der Waals surface area (Å²) < 4.78 is 16.2. The van der Waals surface area contributed by atoms with Gasteiger partial charge in [-0.25, -0.2) is 0 Å². The highest BCUT2D eigenvalue weighted by atomic mass is 16.7. The fourth-order valence-corrected chi connectivity index (χ4v) is 3.75. The number of methoxy groups -OCH3 is 1. The van der Waals surface area contributed by atoms with Crippen LogP contribution in [0.5, 0.6) is 11.5 Å². The van der Waals surface area contributed by atoms with Crippen molar-refractivity contribution < 1.29 is 19.0 Å². The van der Waals surface area contributed by atoms with Gasteiger partial charge < -0.3 is 24.4 Å². The molecule has 1 atom stereocenters. The van der Waals surface area contributed by atoms with E-state index in [4.69, 9.17) is 14.2 Å². The number of ether oxygens (including phenoxy) is 3. The van der Waals surface area contributed by atoms with Crippen LogP contribution in [0.15, 0.2) is 48.5 Å². The quantitative estimate of drug-likeness (QED) is 0.676. The second-order valence-electron chi connectivity index (χ2n) is 7.33. The number of hydrogen-bond donors (Lipinski definition) is 2. The van der Waals surface area contributed by atoms with Gasteiger partial charge in [0.2, 0.25) is 6.79 Å². The first kappa shape index (κ1) is 18.5. The van der Waals surface area contributed by atoms with Crippen LogP contribution in [-0.2, 0) is 4.74 Å². The van der Waals surface area contributed by atoms with Crippen LogP contribution in [0.25, 0.3) is 11.3 Å². The van der Waals surface area contributed by atoms with Crippen molar-refractivity contribution >= 4 is 17.3 Å². The minimum atomic E-state index is -0.247. The Kier molecular flexibility index (Phi) is 4.76. The molecular formula is C22H22N4O4. The molecule has 1 saturated heterocycles. The van der Waals surface area contributed by atoms with Crippen molar-refractivity contribution in [1.82, 2.24) is 10.2 Å². The number of carbonyl (C=O) groups is 1. The van der Waals surface area contributed by atoms with Crippen molar-refractivity contribution in [2.45, 2.75) is 12.5 Å². The average molecular weight is 406 g/mol. The van der Waals surface area contributed by atoms with Gasteiger partial charge >= 0.3 is 0 Å². The largest absolute Gasteiger partial charge is 0.454 e. The lowest BCUT2D eigenvalue weighted by Crippen LogP contribution is -2.22. The van der Waals surface area contributed by atoms with Gasteiger partial charge in [-0.05, 0) is 55.0 Å². The summed E-state index contributed by atoms with van der Waals surface area (Å²) in [5, 5.41) is 9.96. The molecule has 2 N–H and O–H groups in total. The minimum Gasteiger partial charge on any atom is -0.454 e. The van der Waals surface area contributed by atoms with Crippen LogP contribution in [0.4, 0.5) is 11.4 Å². The number of amides is 1. The van der Waals surface area contributed by atoms with E-state index in [1.54, 1.807) is 13.2 Å². The van der Waals surface area contributed by atoms with Gasteiger partial charge in [-0.15, -0.1) is 0 Å². The predicted octanol–water partition coefficient (Wildman–Crippen LogP) is 3.28. The Morgan fingerprint density at radius 1 is 1.17 bits per heavy atom. The first-order valence-electron chi connectivity index (χ1n) is 9.84. The number of benzene rings is 2. The van der Waals surface area contributed by atoms with Crippen molar-refractivity contribution in [2.24, 2.45) is 0 Å². The summed E-state index contributed by atoms with van der Waals surface area (Å²) >= 11 is 0. The van der Waals surface area contributed by atoms with Crippen LogP contribution in [0.1, 0.15) is 16.9 Å². The van der Waals surface area contributed by atoms with Crippen LogP contribution in [0.3, 0.4) is 0 Å². The molecule has 1 unspecified atom stereocenters. The molecule has 1 aromatic heterocycles. The maximum Gasteiger partial charge on any atom is 0.273 e. The van der Waals surface area contributed by atoms with Crippen LogP contribution >= 0.6 is 0 Å². The number of rotatable bonds is 5. The third-order valence-corrected chi connectivity index (χ3v) is 5.46. The van der Waals surface area contributed by atoms with E-state index in [9.17, 15) is 4.79 Å². The van der Waals surface area contributed by atoms with E-state index in [0.717, 1.165) is 36.4 Å². The molecule has 8 nitrogen and oxygen atoms in total. The molecule has 2 aliphatic heterocycles. The Hall–Kier alpha value is -3.52. The molecule has 0 spiro atoms. The smallest absolute Gasteiger partial charge is 0.273 e. The molecule has 3 aromatic rings. The molecule has 30 heavy (non-hydrogen) atoms. The molecule has 0 aliphatic carbocycles. The summed E-state index contributed by atoms with van der Waals surface area (Å²) in [5.74, 6) is 1.14. The van der Waals surface area contributed by atoms with Gasteiger partial charge in [0.1, 0.15) is 5.69 Å². The summed E-state index contributed by atoms with van der Waals surface area (Å²) in [4.78, 5) is 14.9.